The number of rotatable bonds is 4. The first-order chi connectivity index (χ1) is 12.7. The Hall–Kier alpha value is -2.93. The topological polar surface area (TPSA) is 76.2 Å². The van der Waals surface area contributed by atoms with Gasteiger partial charge in [0.2, 0.25) is 5.89 Å². The van der Waals surface area contributed by atoms with E-state index in [2.05, 4.69) is 15.4 Å². The van der Waals surface area contributed by atoms with Crippen molar-refractivity contribution in [1.29, 1.82) is 0 Å². The number of carbonyl (C=O) groups excluding carboxylic acids is 1. The van der Waals surface area contributed by atoms with Crippen LogP contribution in [0.1, 0.15) is 23.3 Å². The van der Waals surface area contributed by atoms with Crippen LogP contribution < -0.4 is 5.32 Å². The summed E-state index contributed by atoms with van der Waals surface area (Å²) in [5.74, 6) is 0.289. The van der Waals surface area contributed by atoms with Gasteiger partial charge in [0.05, 0.1) is 17.4 Å². The number of hydrogen-bond acceptors (Lipinski definition) is 5. The lowest BCUT2D eigenvalue weighted by atomic mass is 10.1. The van der Waals surface area contributed by atoms with E-state index in [1.54, 1.807) is 15.8 Å². The highest BCUT2D eigenvalue weighted by Gasteiger charge is 2.25. The monoisotopic (exact) mass is 351 g/mol. The number of nitrogens with one attached hydrogen (secondary N) is 1. The summed E-state index contributed by atoms with van der Waals surface area (Å²) in [6.45, 7) is 1.87. The molecule has 0 bridgehead atoms. The molecule has 0 spiro atoms. The Morgan fingerprint density at radius 1 is 1.27 bits per heavy atom. The number of oxazole rings is 1. The number of hydrogen-bond donors (Lipinski definition) is 1. The van der Waals surface area contributed by atoms with E-state index in [0.29, 0.717) is 11.6 Å². The molecule has 3 heterocycles. The first kappa shape index (κ1) is 16.5. The van der Waals surface area contributed by atoms with Gasteiger partial charge in [0.15, 0.2) is 5.69 Å². The zero-order valence-corrected chi connectivity index (χ0v) is 14.6. The molecule has 0 aliphatic carbocycles. The number of para-hydroxylation sites is 1. The lowest BCUT2D eigenvalue weighted by Crippen LogP contribution is -2.44. The van der Waals surface area contributed by atoms with Crippen LogP contribution in [0.2, 0.25) is 0 Å². The van der Waals surface area contributed by atoms with Crippen molar-refractivity contribution < 1.29 is 9.21 Å². The maximum Gasteiger partial charge on any atom is 0.275 e. The molecule has 3 aromatic rings. The molecular weight excluding hydrogens is 330 g/mol. The zero-order valence-electron chi connectivity index (χ0n) is 14.6. The second kappa shape index (κ2) is 7.13. The van der Waals surface area contributed by atoms with Crippen molar-refractivity contribution in [1.82, 2.24) is 25.0 Å². The summed E-state index contributed by atoms with van der Waals surface area (Å²) in [7, 11) is 1.83. The Morgan fingerprint density at radius 2 is 2.04 bits per heavy atom. The normalized spacial score (nSPS) is 15.1. The maximum atomic E-state index is 12.7. The third kappa shape index (κ3) is 3.25. The van der Waals surface area contributed by atoms with Gasteiger partial charge >= 0.3 is 0 Å². The number of nitrogens with zero attached hydrogens (tertiary/aromatic N) is 4. The molecule has 0 radical (unpaired) electrons. The molecule has 0 unspecified atom stereocenters. The number of amides is 1. The minimum atomic E-state index is -0.109. The summed E-state index contributed by atoms with van der Waals surface area (Å²) in [6, 6.07) is 10.0. The molecule has 1 amide bonds. The smallest absolute Gasteiger partial charge is 0.275 e. The maximum absolute atomic E-state index is 12.7. The minimum absolute atomic E-state index is 0.109. The van der Waals surface area contributed by atoms with Crippen molar-refractivity contribution in [2.24, 2.45) is 0 Å². The van der Waals surface area contributed by atoms with E-state index < -0.39 is 0 Å². The summed E-state index contributed by atoms with van der Waals surface area (Å²) in [5.41, 5.74) is 2.01. The molecule has 0 atom stereocenters. The zero-order chi connectivity index (χ0) is 17.9. The molecule has 134 valence electrons. The van der Waals surface area contributed by atoms with Crippen LogP contribution >= 0.6 is 0 Å². The highest BCUT2D eigenvalue weighted by Crippen LogP contribution is 2.21. The Morgan fingerprint density at radius 3 is 2.81 bits per heavy atom. The van der Waals surface area contributed by atoms with Crippen molar-refractivity contribution in [2.75, 3.05) is 20.1 Å². The van der Waals surface area contributed by atoms with Crippen LogP contribution in [0.3, 0.4) is 0 Å². The van der Waals surface area contributed by atoms with E-state index in [0.717, 1.165) is 37.2 Å². The van der Waals surface area contributed by atoms with Gasteiger partial charge in [0.25, 0.3) is 5.91 Å². The van der Waals surface area contributed by atoms with Crippen LogP contribution in [0.15, 0.2) is 53.4 Å². The second-order valence-corrected chi connectivity index (χ2v) is 6.44. The summed E-state index contributed by atoms with van der Waals surface area (Å²) < 4.78 is 7.29. The van der Waals surface area contributed by atoms with Crippen molar-refractivity contribution in [3.8, 4) is 17.1 Å². The van der Waals surface area contributed by atoms with Crippen molar-refractivity contribution in [2.45, 2.75) is 18.9 Å². The summed E-state index contributed by atoms with van der Waals surface area (Å²) >= 11 is 0. The van der Waals surface area contributed by atoms with Crippen LogP contribution in [0.5, 0.6) is 0 Å². The SMILES string of the molecule is CN(C(=O)c1coc(-c2cnn(-c3ccccc3)c2)n1)C1CCNCC1. The van der Waals surface area contributed by atoms with Crippen LogP contribution in [0.4, 0.5) is 0 Å². The van der Waals surface area contributed by atoms with Gasteiger partial charge in [-0.15, -0.1) is 0 Å². The summed E-state index contributed by atoms with van der Waals surface area (Å²) in [5, 5.41) is 7.65. The molecule has 1 aliphatic rings. The molecule has 1 fully saturated rings. The molecular formula is C19H21N5O2. The number of piperidine rings is 1. The quantitative estimate of drug-likeness (QED) is 0.781. The molecule has 4 rings (SSSR count). The number of aromatic nitrogens is 3. The molecule has 26 heavy (non-hydrogen) atoms. The van der Waals surface area contributed by atoms with Crippen molar-refractivity contribution in [3.05, 3.63) is 54.7 Å². The number of carbonyl (C=O) groups is 1. The molecule has 0 saturated carbocycles. The predicted molar refractivity (Wildman–Crippen MR) is 97.0 cm³/mol. The highest BCUT2D eigenvalue weighted by atomic mass is 16.3. The Balaban J connectivity index is 1.51. The van der Waals surface area contributed by atoms with E-state index in [1.165, 1.54) is 6.26 Å². The fraction of sp³-hybridized carbons (Fsp3) is 0.316. The van der Waals surface area contributed by atoms with Crippen LogP contribution in [-0.4, -0.2) is 51.8 Å². The molecule has 1 N–H and O–H groups in total. The average Bonchev–Trinajstić information content (AvgIpc) is 3.38. The largest absolute Gasteiger partial charge is 0.444 e. The molecule has 2 aromatic heterocycles. The van der Waals surface area contributed by atoms with Gasteiger partial charge in [0.1, 0.15) is 6.26 Å². The Labute approximate surface area is 151 Å². The molecule has 7 heteroatoms. The Kier molecular flexibility index (Phi) is 4.53. The van der Waals surface area contributed by atoms with Crippen LogP contribution in [0, 0.1) is 0 Å². The lowest BCUT2D eigenvalue weighted by Gasteiger charge is -2.31. The summed E-state index contributed by atoms with van der Waals surface area (Å²) in [4.78, 5) is 18.8. The van der Waals surface area contributed by atoms with Gasteiger partial charge in [0, 0.05) is 19.3 Å². The van der Waals surface area contributed by atoms with Crippen LogP contribution in [0.25, 0.3) is 17.1 Å². The standard InChI is InChI=1S/C19H21N5O2/c1-23(15-7-9-20-10-8-15)19(25)17-13-26-18(22-17)14-11-21-24(12-14)16-5-3-2-4-6-16/h2-6,11-13,15,20H,7-10H2,1H3. The van der Waals surface area contributed by atoms with E-state index in [1.807, 2.05) is 43.6 Å². The van der Waals surface area contributed by atoms with Gasteiger partial charge in [-0.3, -0.25) is 4.79 Å². The minimum Gasteiger partial charge on any atom is -0.444 e. The fourth-order valence-electron chi connectivity index (χ4n) is 3.20. The van der Waals surface area contributed by atoms with Gasteiger partial charge in [-0.05, 0) is 38.1 Å². The third-order valence-corrected chi connectivity index (χ3v) is 4.75. The third-order valence-electron chi connectivity index (χ3n) is 4.75. The average molecular weight is 351 g/mol. The summed E-state index contributed by atoms with van der Waals surface area (Å²) in [6.07, 6.45) is 6.86. The fourth-order valence-corrected chi connectivity index (χ4v) is 3.20. The Bertz CT molecular complexity index is 880. The van der Waals surface area contributed by atoms with Gasteiger partial charge in [-0.1, -0.05) is 18.2 Å². The molecule has 1 aliphatic heterocycles. The van der Waals surface area contributed by atoms with Crippen molar-refractivity contribution in [3.63, 3.8) is 0 Å². The van der Waals surface area contributed by atoms with Gasteiger partial charge in [-0.25, -0.2) is 9.67 Å². The van der Waals surface area contributed by atoms with E-state index >= 15 is 0 Å². The predicted octanol–water partition coefficient (Wildman–Crippen LogP) is 2.35. The molecule has 7 nitrogen and oxygen atoms in total. The lowest BCUT2D eigenvalue weighted by molar-refractivity contribution is 0.0697. The molecule has 1 aromatic carbocycles. The van der Waals surface area contributed by atoms with Crippen LogP contribution in [-0.2, 0) is 0 Å². The number of benzene rings is 1. The highest BCUT2D eigenvalue weighted by molar-refractivity contribution is 5.92. The second-order valence-electron chi connectivity index (χ2n) is 6.44. The van der Waals surface area contributed by atoms with Gasteiger partial charge in [-0.2, -0.15) is 5.10 Å². The first-order valence-corrected chi connectivity index (χ1v) is 8.76. The molecule has 1 saturated heterocycles. The van der Waals surface area contributed by atoms with Crippen molar-refractivity contribution >= 4 is 5.91 Å². The van der Waals surface area contributed by atoms with E-state index in [9.17, 15) is 4.79 Å². The van der Waals surface area contributed by atoms with E-state index in [4.69, 9.17) is 4.42 Å². The van der Waals surface area contributed by atoms with Gasteiger partial charge < -0.3 is 14.6 Å². The van der Waals surface area contributed by atoms with E-state index in [-0.39, 0.29) is 11.9 Å². The first-order valence-electron chi connectivity index (χ1n) is 8.76.